The Labute approximate surface area is 112 Å². The first-order chi connectivity index (χ1) is 8.48. The second-order valence-electron chi connectivity index (χ2n) is 6.32. The standard InChI is InChI=1S/C13H23F2NO3/c1-12(2,3)19-11(18)16-6-5-9(10(17)8-16)7-13(4,14)15/h9-10,17H,5-8H2,1-4H3. The summed E-state index contributed by atoms with van der Waals surface area (Å²) < 4.78 is 31.1. The molecule has 0 aromatic rings. The van der Waals surface area contributed by atoms with Crippen molar-refractivity contribution in [3.05, 3.63) is 0 Å². The third-order valence-corrected chi connectivity index (χ3v) is 2.99. The second kappa shape index (κ2) is 5.61. The van der Waals surface area contributed by atoms with Crippen LogP contribution < -0.4 is 0 Å². The smallest absolute Gasteiger partial charge is 0.410 e. The Bertz CT molecular complexity index is 323. The van der Waals surface area contributed by atoms with Crippen LogP contribution in [0.25, 0.3) is 0 Å². The molecule has 2 unspecified atom stereocenters. The number of likely N-dealkylation sites (tertiary alicyclic amines) is 1. The number of nitrogens with zero attached hydrogens (tertiary/aromatic N) is 1. The first-order valence-electron chi connectivity index (χ1n) is 6.52. The average molecular weight is 279 g/mol. The summed E-state index contributed by atoms with van der Waals surface area (Å²) in [7, 11) is 0. The molecule has 0 radical (unpaired) electrons. The zero-order valence-corrected chi connectivity index (χ0v) is 11.9. The molecule has 6 heteroatoms. The van der Waals surface area contributed by atoms with Crippen molar-refractivity contribution < 1.29 is 23.4 Å². The Morgan fingerprint density at radius 1 is 1.37 bits per heavy atom. The number of amides is 1. The summed E-state index contributed by atoms with van der Waals surface area (Å²) in [6.07, 6.45) is -1.42. The van der Waals surface area contributed by atoms with E-state index in [0.717, 1.165) is 6.92 Å². The van der Waals surface area contributed by atoms with Crippen LogP contribution >= 0.6 is 0 Å². The monoisotopic (exact) mass is 279 g/mol. The summed E-state index contributed by atoms with van der Waals surface area (Å²) in [4.78, 5) is 13.2. The molecule has 2 atom stereocenters. The van der Waals surface area contributed by atoms with E-state index in [0.29, 0.717) is 13.0 Å². The maximum atomic E-state index is 12.9. The van der Waals surface area contributed by atoms with Crippen LogP contribution in [-0.4, -0.2) is 46.8 Å². The predicted molar refractivity (Wildman–Crippen MR) is 67.2 cm³/mol. The summed E-state index contributed by atoms with van der Waals surface area (Å²) >= 11 is 0. The first kappa shape index (κ1) is 16.1. The van der Waals surface area contributed by atoms with Crippen LogP contribution in [0.4, 0.5) is 13.6 Å². The van der Waals surface area contributed by atoms with Crippen molar-refractivity contribution >= 4 is 6.09 Å². The van der Waals surface area contributed by atoms with E-state index in [4.69, 9.17) is 4.74 Å². The molecule has 0 aromatic carbocycles. The van der Waals surface area contributed by atoms with Gasteiger partial charge in [-0.05, 0) is 40.0 Å². The molecular weight excluding hydrogens is 256 g/mol. The summed E-state index contributed by atoms with van der Waals surface area (Å²) in [6.45, 7) is 6.51. The average Bonchev–Trinajstić information content (AvgIpc) is 2.16. The lowest BCUT2D eigenvalue weighted by molar-refractivity contribution is -0.0559. The fourth-order valence-corrected chi connectivity index (χ4v) is 2.17. The third kappa shape index (κ3) is 5.72. The van der Waals surface area contributed by atoms with Gasteiger partial charge in [0.2, 0.25) is 5.92 Å². The van der Waals surface area contributed by atoms with Crippen molar-refractivity contribution in [3.8, 4) is 0 Å². The van der Waals surface area contributed by atoms with Crippen molar-refractivity contribution in [2.24, 2.45) is 5.92 Å². The Kier molecular flexibility index (Phi) is 4.76. The minimum absolute atomic E-state index is 0.0513. The van der Waals surface area contributed by atoms with Crippen LogP contribution in [0.2, 0.25) is 0 Å². The maximum absolute atomic E-state index is 12.9. The normalized spacial score (nSPS) is 25.3. The van der Waals surface area contributed by atoms with Gasteiger partial charge in [0.15, 0.2) is 0 Å². The van der Waals surface area contributed by atoms with E-state index in [1.165, 1.54) is 4.90 Å². The highest BCUT2D eigenvalue weighted by Crippen LogP contribution is 2.30. The van der Waals surface area contributed by atoms with Gasteiger partial charge in [0, 0.05) is 13.0 Å². The van der Waals surface area contributed by atoms with Gasteiger partial charge in [0.25, 0.3) is 0 Å². The lowest BCUT2D eigenvalue weighted by Crippen LogP contribution is -2.49. The number of piperidine rings is 1. The maximum Gasteiger partial charge on any atom is 0.410 e. The molecule has 1 amide bonds. The molecule has 112 valence electrons. The highest BCUT2D eigenvalue weighted by molar-refractivity contribution is 5.68. The molecule has 0 aromatic heterocycles. The number of aliphatic hydroxyl groups is 1. The SMILES string of the molecule is CC(F)(F)CC1CCN(C(=O)OC(C)(C)C)CC1O. The highest BCUT2D eigenvalue weighted by atomic mass is 19.3. The topological polar surface area (TPSA) is 49.8 Å². The molecule has 1 saturated heterocycles. The summed E-state index contributed by atoms with van der Waals surface area (Å²) in [6, 6.07) is 0. The van der Waals surface area contributed by atoms with Gasteiger partial charge in [-0.3, -0.25) is 0 Å². The molecule has 1 aliphatic rings. The van der Waals surface area contributed by atoms with Crippen LogP contribution in [0.1, 0.15) is 40.5 Å². The van der Waals surface area contributed by atoms with Crippen LogP contribution in [0.5, 0.6) is 0 Å². The van der Waals surface area contributed by atoms with Crippen molar-refractivity contribution in [2.75, 3.05) is 13.1 Å². The zero-order valence-electron chi connectivity index (χ0n) is 11.9. The largest absolute Gasteiger partial charge is 0.444 e. The van der Waals surface area contributed by atoms with E-state index >= 15 is 0 Å². The van der Waals surface area contributed by atoms with E-state index in [2.05, 4.69) is 0 Å². The highest BCUT2D eigenvalue weighted by Gasteiger charge is 2.36. The molecule has 1 heterocycles. The number of aliphatic hydroxyl groups excluding tert-OH is 1. The molecular formula is C13H23F2NO3. The molecule has 19 heavy (non-hydrogen) atoms. The first-order valence-corrected chi connectivity index (χ1v) is 6.52. The number of alkyl halides is 2. The van der Waals surface area contributed by atoms with Gasteiger partial charge >= 0.3 is 6.09 Å². The quantitative estimate of drug-likeness (QED) is 0.845. The van der Waals surface area contributed by atoms with Crippen molar-refractivity contribution in [2.45, 2.75) is 58.2 Å². The molecule has 1 aliphatic heterocycles. The molecule has 4 nitrogen and oxygen atoms in total. The molecule has 1 N–H and O–H groups in total. The van der Waals surface area contributed by atoms with Crippen LogP contribution in [0.3, 0.4) is 0 Å². The lowest BCUT2D eigenvalue weighted by Gasteiger charge is -2.37. The van der Waals surface area contributed by atoms with Crippen LogP contribution in [0.15, 0.2) is 0 Å². The second-order valence-corrected chi connectivity index (χ2v) is 6.32. The van der Waals surface area contributed by atoms with Crippen LogP contribution in [0, 0.1) is 5.92 Å². The number of carbonyl (C=O) groups is 1. The van der Waals surface area contributed by atoms with E-state index in [1.54, 1.807) is 20.8 Å². The minimum Gasteiger partial charge on any atom is -0.444 e. The zero-order chi connectivity index (χ0) is 14.8. The van der Waals surface area contributed by atoms with Crippen molar-refractivity contribution in [3.63, 3.8) is 0 Å². The summed E-state index contributed by atoms with van der Waals surface area (Å²) in [5.41, 5.74) is -0.602. The number of hydrogen-bond donors (Lipinski definition) is 1. The Morgan fingerprint density at radius 3 is 2.37 bits per heavy atom. The fraction of sp³-hybridized carbons (Fsp3) is 0.923. The van der Waals surface area contributed by atoms with E-state index in [1.807, 2.05) is 0 Å². The molecule has 0 bridgehead atoms. The number of rotatable bonds is 2. The van der Waals surface area contributed by atoms with Gasteiger partial charge in [-0.25, -0.2) is 13.6 Å². The van der Waals surface area contributed by atoms with Gasteiger partial charge in [0.05, 0.1) is 12.6 Å². The van der Waals surface area contributed by atoms with Gasteiger partial charge < -0.3 is 14.7 Å². The minimum atomic E-state index is -2.79. The number of β-amino-alcohol motifs (C(OH)–C–C–N with tert-alkyl or cyclic N) is 1. The van der Waals surface area contributed by atoms with Crippen molar-refractivity contribution in [1.29, 1.82) is 0 Å². The number of carbonyl (C=O) groups excluding carboxylic acids is 1. The van der Waals surface area contributed by atoms with Crippen LogP contribution in [-0.2, 0) is 4.74 Å². The molecule has 0 aliphatic carbocycles. The number of ether oxygens (including phenoxy) is 1. The molecule has 0 saturated carbocycles. The Hall–Kier alpha value is -0.910. The predicted octanol–water partition coefficient (Wildman–Crippen LogP) is 2.65. The van der Waals surface area contributed by atoms with E-state index in [9.17, 15) is 18.7 Å². The molecule has 0 spiro atoms. The summed E-state index contributed by atoms with van der Waals surface area (Å²) in [5.74, 6) is -3.27. The van der Waals surface area contributed by atoms with E-state index in [-0.39, 0.29) is 13.0 Å². The van der Waals surface area contributed by atoms with E-state index < -0.39 is 29.6 Å². The van der Waals surface area contributed by atoms with Gasteiger partial charge in [-0.15, -0.1) is 0 Å². The number of halogens is 2. The molecule has 1 fully saturated rings. The fourth-order valence-electron chi connectivity index (χ4n) is 2.17. The molecule has 1 rings (SSSR count). The van der Waals surface area contributed by atoms with Gasteiger partial charge in [0.1, 0.15) is 5.60 Å². The Morgan fingerprint density at radius 2 is 1.95 bits per heavy atom. The lowest BCUT2D eigenvalue weighted by atomic mass is 9.89. The van der Waals surface area contributed by atoms with Crippen molar-refractivity contribution in [1.82, 2.24) is 4.90 Å². The van der Waals surface area contributed by atoms with Gasteiger partial charge in [-0.2, -0.15) is 0 Å². The third-order valence-electron chi connectivity index (χ3n) is 2.99. The number of hydrogen-bond acceptors (Lipinski definition) is 3. The Balaban J connectivity index is 2.52. The van der Waals surface area contributed by atoms with Gasteiger partial charge in [-0.1, -0.05) is 0 Å². The summed E-state index contributed by atoms with van der Waals surface area (Å²) in [5, 5.41) is 9.87.